The number of piperazine rings is 1. The lowest BCUT2D eigenvalue weighted by molar-refractivity contribution is -0.149. The molecule has 3 aromatic rings. The van der Waals surface area contributed by atoms with Gasteiger partial charge in [-0.15, -0.1) is 0 Å². The number of ether oxygens (including phenoxy) is 1. The molecule has 2 saturated heterocycles. The number of anilines is 1. The number of carbonyl (C=O) groups excluding carboxylic acids is 2. The highest BCUT2D eigenvalue weighted by Gasteiger charge is 2.30. The highest BCUT2D eigenvalue weighted by atomic mass is 32.2. The van der Waals surface area contributed by atoms with Crippen molar-refractivity contribution in [3.05, 3.63) is 83.0 Å². The Morgan fingerprint density at radius 1 is 0.951 bits per heavy atom. The molecular formula is C32H39N5O3S. The average Bonchev–Trinajstić information content (AvgIpc) is 3.00. The summed E-state index contributed by atoms with van der Waals surface area (Å²) in [6.07, 6.45) is 1.57. The zero-order valence-corrected chi connectivity index (χ0v) is 24.8. The van der Waals surface area contributed by atoms with Gasteiger partial charge in [-0.1, -0.05) is 54.2 Å². The lowest BCUT2D eigenvalue weighted by Gasteiger charge is -2.35. The van der Waals surface area contributed by atoms with E-state index in [1.807, 2.05) is 38.1 Å². The first-order valence-corrected chi connectivity index (χ1v) is 15.5. The topological polar surface area (TPSA) is 78.9 Å². The van der Waals surface area contributed by atoms with E-state index in [4.69, 9.17) is 9.72 Å². The Bertz CT molecular complexity index is 1330. The third-order valence-corrected chi connectivity index (χ3v) is 8.55. The van der Waals surface area contributed by atoms with Crippen molar-refractivity contribution >= 4 is 29.5 Å². The van der Waals surface area contributed by atoms with E-state index >= 15 is 0 Å². The van der Waals surface area contributed by atoms with Gasteiger partial charge in [0.25, 0.3) is 5.91 Å². The number of piperidine rings is 1. The zero-order valence-electron chi connectivity index (χ0n) is 24.0. The summed E-state index contributed by atoms with van der Waals surface area (Å²) in [6, 6.07) is 20.4. The summed E-state index contributed by atoms with van der Waals surface area (Å²) in [4.78, 5) is 41.7. The first-order valence-electron chi connectivity index (χ1n) is 14.5. The van der Waals surface area contributed by atoms with Crippen LogP contribution in [0.2, 0.25) is 0 Å². The maximum atomic E-state index is 13.3. The number of aromatic nitrogens is 2. The normalized spacial score (nSPS) is 17.9. The number of aryl methyl sites for hydroxylation is 1. The second-order valence-corrected chi connectivity index (χ2v) is 11.7. The van der Waals surface area contributed by atoms with Crippen molar-refractivity contribution in [3.63, 3.8) is 0 Å². The molecule has 1 atom stereocenters. The second kappa shape index (κ2) is 14.0. The van der Waals surface area contributed by atoms with Gasteiger partial charge in [-0.25, -0.2) is 9.97 Å². The highest BCUT2D eigenvalue weighted by molar-refractivity contribution is 7.98. The molecule has 1 amide bonds. The van der Waals surface area contributed by atoms with Crippen LogP contribution in [0, 0.1) is 12.8 Å². The summed E-state index contributed by atoms with van der Waals surface area (Å²) in [5, 5.41) is 0.747. The molecule has 2 aromatic carbocycles. The molecule has 2 fully saturated rings. The van der Waals surface area contributed by atoms with Crippen LogP contribution in [-0.2, 0) is 21.8 Å². The minimum absolute atomic E-state index is 0.0358. The fourth-order valence-corrected chi connectivity index (χ4v) is 6.31. The number of hydrogen-bond donors (Lipinski definition) is 0. The molecule has 0 saturated carbocycles. The first-order chi connectivity index (χ1) is 20.0. The Morgan fingerprint density at radius 3 is 2.51 bits per heavy atom. The highest BCUT2D eigenvalue weighted by Crippen LogP contribution is 2.25. The van der Waals surface area contributed by atoms with Crippen molar-refractivity contribution in [2.24, 2.45) is 5.92 Å². The summed E-state index contributed by atoms with van der Waals surface area (Å²) in [5.74, 6) is 1.16. The van der Waals surface area contributed by atoms with Crippen molar-refractivity contribution < 1.29 is 14.3 Å². The predicted molar refractivity (Wildman–Crippen MR) is 162 cm³/mol. The zero-order chi connectivity index (χ0) is 28.6. The molecule has 2 aliphatic rings. The van der Waals surface area contributed by atoms with E-state index in [0.717, 1.165) is 67.8 Å². The molecule has 9 heteroatoms. The van der Waals surface area contributed by atoms with Gasteiger partial charge in [0.1, 0.15) is 5.82 Å². The summed E-state index contributed by atoms with van der Waals surface area (Å²) in [7, 11) is 0. The van der Waals surface area contributed by atoms with Crippen molar-refractivity contribution in [3.8, 4) is 0 Å². The van der Waals surface area contributed by atoms with Gasteiger partial charge in [-0.3, -0.25) is 14.5 Å². The quantitative estimate of drug-likeness (QED) is 0.205. The Kier molecular flexibility index (Phi) is 9.90. The third-order valence-electron chi connectivity index (χ3n) is 7.64. The molecule has 41 heavy (non-hydrogen) atoms. The minimum Gasteiger partial charge on any atom is -0.466 e. The number of benzene rings is 2. The van der Waals surface area contributed by atoms with E-state index in [0.29, 0.717) is 31.0 Å². The van der Waals surface area contributed by atoms with Crippen LogP contribution < -0.4 is 4.90 Å². The Labute approximate surface area is 247 Å². The molecule has 0 unspecified atom stereocenters. The monoisotopic (exact) mass is 573 g/mol. The van der Waals surface area contributed by atoms with Crippen LogP contribution in [0.5, 0.6) is 0 Å². The third kappa shape index (κ3) is 7.86. The number of amides is 1. The maximum Gasteiger partial charge on any atom is 0.310 e. The molecule has 0 aliphatic carbocycles. The number of likely N-dealkylation sites (tertiary alicyclic amines) is 1. The van der Waals surface area contributed by atoms with Crippen molar-refractivity contribution in [1.82, 2.24) is 19.8 Å². The van der Waals surface area contributed by atoms with Crippen molar-refractivity contribution in [1.29, 1.82) is 0 Å². The van der Waals surface area contributed by atoms with Gasteiger partial charge in [0.15, 0.2) is 5.16 Å². The molecule has 0 spiro atoms. The molecule has 2 aliphatic heterocycles. The fourth-order valence-electron chi connectivity index (χ4n) is 5.47. The number of esters is 1. The van der Waals surface area contributed by atoms with Crippen molar-refractivity contribution in [2.75, 3.05) is 50.8 Å². The summed E-state index contributed by atoms with van der Waals surface area (Å²) in [6.45, 7) is 10.1. The van der Waals surface area contributed by atoms with Gasteiger partial charge >= 0.3 is 5.97 Å². The summed E-state index contributed by atoms with van der Waals surface area (Å²) in [5.41, 5.74) is 3.99. The van der Waals surface area contributed by atoms with Crippen LogP contribution in [0.25, 0.3) is 0 Å². The molecule has 3 heterocycles. The van der Waals surface area contributed by atoms with Gasteiger partial charge in [0.05, 0.1) is 12.5 Å². The Balaban J connectivity index is 1.17. The van der Waals surface area contributed by atoms with Crippen molar-refractivity contribution in [2.45, 2.75) is 44.1 Å². The van der Waals surface area contributed by atoms with Crippen LogP contribution in [0.1, 0.15) is 46.9 Å². The fraction of sp³-hybridized carbons (Fsp3) is 0.438. The van der Waals surface area contributed by atoms with E-state index in [2.05, 4.69) is 51.2 Å². The molecule has 216 valence electrons. The Hall–Kier alpha value is -3.43. The van der Waals surface area contributed by atoms with Gasteiger partial charge in [0.2, 0.25) is 0 Å². The van der Waals surface area contributed by atoms with E-state index in [-0.39, 0.29) is 17.8 Å². The molecule has 0 bridgehead atoms. The molecule has 5 rings (SSSR count). The molecular weight excluding hydrogens is 534 g/mol. The number of carbonyl (C=O) groups is 2. The smallest absolute Gasteiger partial charge is 0.310 e. The number of thioether (sulfide) groups is 1. The number of hydrogen-bond acceptors (Lipinski definition) is 8. The lowest BCUT2D eigenvalue weighted by atomic mass is 9.97. The minimum atomic E-state index is -0.245. The standard InChI is InChI=1S/C32H39N5O3S/c1-3-40-31(39)28-13-8-14-37(22-28)30(38)27-12-7-11-26(20-27)23-41-32-33-24(2)19-29(34-32)36-17-15-35(16-18-36)21-25-9-5-4-6-10-25/h4-7,9-12,19-20,28H,3,8,13-18,21-23H2,1-2H3/t28-/m0/s1. The van der Waals surface area contributed by atoms with Crippen LogP contribution in [0.4, 0.5) is 5.82 Å². The Morgan fingerprint density at radius 2 is 1.73 bits per heavy atom. The number of rotatable bonds is 9. The van der Waals surface area contributed by atoms with E-state index in [1.54, 1.807) is 16.7 Å². The molecule has 1 aromatic heterocycles. The lowest BCUT2D eigenvalue weighted by Crippen LogP contribution is -2.46. The largest absolute Gasteiger partial charge is 0.466 e. The van der Waals surface area contributed by atoms with E-state index in [9.17, 15) is 9.59 Å². The van der Waals surface area contributed by atoms with Crippen LogP contribution >= 0.6 is 11.8 Å². The number of nitrogens with zero attached hydrogens (tertiary/aromatic N) is 5. The van der Waals surface area contributed by atoms with Gasteiger partial charge < -0.3 is 14.5 Å². The predicted octanol–water partition coefficient (Wildman–Crippen LogP) is 4.81. The molecule has 0 radical (unpaired) electrons. The summed E-state index contributed by atoms with van der Waals surface area (Å²) < 4.78 is 5.19. The van der Waals surface area contributed by atoms with E-state index in [1.165, 1.54) is 5.56 Å². The maximum absolute atomic E-state index is 13.3. The molecule has 0 N–H and O–H groups in total. The van der Waals surface area contributed by atoms with Gasteiger partial charge in [-0.2, -0.15) is 0 Å². The van der Waals surface area contributed by atoms with Crippen LogP contribution in [0.3, 0.4) is 0 Å². The van der Waals surface area contributed by atoms with Crippen LogP contribution in [-0.4, -0.2) is 77.5 Å². The van der Waals surface area contributed by atoms with Gasteiger partial charge in [-0.05, 0) is 49.9 Å². The van der Waals surface area contributed by atoms with E-state index < -0.39 is 0 Å². The SMILES string of the molecule is CCOC(=O)[C@H]1CCCN(C(=O)c2cccc(CSc3nc(C)cc(N4CCN(Cc5ccccc5)CC4)n3)c2)C1. The summed E-state index contributed by atoms with van der Waals surface area (Å²) >= 11 is 1.59. The molecule has 8 nitrogen and oxygen atoms in total. The first kappa shape index (κ1) is 29.1. The van der Waals surface area contributed by atoms with Gasteiger partial charge in [0, 0.05) is 68.9 Å². The second-order valence-electron chi connectivity index (χ2n) is 10.7. The average molecular weight is 574 g/mol. The van der Waals surface area contributed by atoms with Crippen LogP contribution in [0.15, 0.2) is 65.8 Å².